The molecule has 1 unspecified atom stereocenters. The van der Waals surface area contributed by atoms with Gasteiger partial charge in [-0.3, -0.25) is 4.79 Å². The van der Waals surface area contributed by atoms with Gasteiger partial charge in [-0.1, -0.05) is 25.5 Å². The fraction of sp³-hybridized carbons (Fsp3) is 0.450. The topological polar surface area (TPSA) is 36.1 Å². The van der Waals surface area contributed by atoms with Crippen molar-refractivity contribution in [1.29, 1.82) is 0 Å². The number of rotatable bonds is 3. The van der Waals surface area contributed by atoms with Crippen LogP contribution in [-0.4, -0.2) is 22.3 Å². The summed E-state index contributed by atoms with van der Waals surface area (Å²) < 4.78 is 14.3. The third-order valence-corrected chi connectivity index (χ3v) is 5.72. The van der Waals surface area contributed by atoms with Crippen LogP contribution >= 0.6 is 0 Å². The summed E-state index contributed by atoms with van der Waals surface area (Å²) in [6, 6.07) is 5.25. The van der Waals surface area contributed by atoms with Crippen molar-refractivity contribution in [3.63, 3.8) is 0 Å². The first kappa shape index (κ1) is 15.4. The van der Waals surface area contributed by atoms with Crippen LogP contribution in [0.1, 0.15) is 50.8 Å². The molecule has 3 nitrogen and oxygen atoms in total. The Balaban J connectivity index is 1.94. The van der Waals surface area contributed by atoms with Crippen LogP contribution in [-0.2, 0) is 16.8 Å². The Bertz CT molecular complexity index is 851. The Labute approximate surface area is 141 Å². The normalized spacial score (nSPS) is 23.2. The first-order chi connectivity index (χ1) is 11.6. The molecule has 1 aliphatic heterocycles. The molecule has 1 aromatic heterocycles. The monoisotopic (exact) mass is 326 g/mol. The Hall–Kier alpha value is -2.10. The lowest BCUT2D eigenvalue weighted by Crippen LogP contribution is -2.48. The second-order valence-corrected chi connectivity index (χ2v) is 7.03. The number of aromatic amines is 1. The number of para-hydroxylation sites is 1. The van der Waals surface area contributed by atoms with Gasteiger partial charge in [-0.15, -0.1) is 0 Å². The average Bonchev–Trinajstić information content (AvgIpc) is 3.05. The zero-order chi connectivity index (χ0) is 16.9. The molecule has 0 saturated heterocycles. The first-order valence-electron chi connectivity index (χ1n) is 8.89. The largest absolute Gasteiger partial charge is 0.354 e. The van der Waals surface area contributed by atoms with Crippen molar-refractivity contribution >= 4 is 16.8 Å². The van der Waals surface area contributed by atoms with Gasteiger partial charge in [0.1, 0.15) is 11.4 Å². The molecule has 126 valence electrons. The van der Waals surface area contributed by atoms with Crippen LogP contribution in [0.5, 0.6) is 0 Å². The lowest BCUT2D eigenvalue weighted by Gasteiger charge is -2.43. The van der Waals surface area contributed by atoms with Gasteiger partial charge >= 0.3 is 0 Å². The van der Waals surface area contributed by atoms with E-state index in [2.05, 4.69) is 11.9 Å². The van der Waals surface area contributed by atoms with E-state index in [-0.39, 0.29) is 11.7 Å². The lowest BCUT2D eigenvalue weighted by atomic mass is 9.76. The molecule has 1 spiro atoms. The summed E-state index contributed by atoms with van der Waals surface area (Å²) in [5, 5.41) is 0.965. The van der Waals surface area contributed by atoms with Crippen LogP contribution < -0.4 is 0 Å². The highest BCUT2D eigenvalue weighted by atomic mass is 19.1. The summed E-state index contributed by atoms with van der Waals surface area (Å²) in [7, 11) is 0. The van der Waals surface area contributed by atoms with Gasteiger partial charge < -0.3 is 9.88 Å². The number of nitrogens with one attached hydrogen (secondary N) is 1. The van der Waals surface area contributed by atoms with Crippen molar-refractivity contribution in [3.05, 3.63) is 46.9 Å². The highest BCUT2D eigenvalue weighted by molar-refractivity contribution is 5.94. The van der Waals surface area contributed by atoms with E-state index in [4.69, 9.17) is 0 Å². The number of amides is 1. The van der Waals surface area contributed by atoms with Gasteiger partial charge in [0, 0.05) is 23.7 Å². The number of nitrogens with zero attached hydrogens (tertiary/aromatic N) is 1. The van der Waals surface area contributed by atoms with Crippen molar-refractivity contribution in [3.8, 4) is 0 Å². The molecule has 0 saturated carbocycles. The lowest BCUT2D eigenvalue weighted by molar-refractivity contribution is -0.129. The fourth-order valence-corrected chi connectivity index (χ4v) is 4.56. The summed E-state index contributed by atoms with van der Waals surface area (Å²) in [6.45, 7) is 4.93. The Morgan fingerprint density at radius 3 is 3.00 bits per heavy atom. The van der Waals surface area contributed by atoms with Gasteiger partial charge in [-0.2, -0.15) is 0 Å². The minimum Gasteiger partial charge on any atom is -0.354 e. The number of aromatic nitrogens is 1. The molecule has 1 aromatic carbocycles. The van der Waals surface area contributed by atoms with Crippen molar-refractivity contribution in [1.82, 2.24) is 9.88 Å². The third-order valence-electron chi connectivity index (χ3n) is 5.72. The zero-order valence-corrected chi connectivity index (χ0v) is 14.3. The van der Waals surface area contributed by atoms with Crippen molar-refractivity contribution in [2.45, 2.75) is 51.5 Å². The zero-order valence-electron chi connectivity index (χ0n) is 14.3. The number of carbonyl (C=O) groups excluding carboxylic acids is 1. The minimum absolute atomic E-state index is 0.0907. The van der Waals surface area contributed by atoms with E-state index < -0.39 is 5.54 Å². The Kier molecular flexibility index (Phi) is 3.52. The molecule has 2 aromatic rings. The summed E-state index contributed by atoms with van der Waals surface area (Å²) in [4.78, 5) is 18.0. The number of halogens is 1. The van der Waals surface area contributed by atoms with Crippen LogP contribution in [0.4, 0.5) is 4.39 Å². The second-order valence-electron chi connectivity index (χ2n) is 7.03. The molecular formula is C20H23FN2O. The molecular weight excluding hydrogens is 303 g/mol. The second kappa shape index (κ2) is 5.47. The van der Waals surface area contributed by atoms with Gasteiger partial charge in [0.2, 0.25) is 5.91 Å². The molecule has 2 heterocycles. The summed E-state index contributed by atoms with van der Waals surface area (Å²) in [5.74, 6) is -0.129. The number of unbranched alkanes of at least 4 members (excludes halogenated alkanes) is 1. The highest BCUT2D eigenvalue weighted by Crippen LogP contribution is 2.50. The summed E-state index contributed by atoms with van der Waals surface area (Å²) >= 11 is 0. The first-order valence-corrected chi connectivity index (χ1v) is 8.89. The predicted octanol–water partition coefficient (Wildman–Crippen LogP) is 4.43. The molecule has 1 N–H and O–H groups in total. The predicted molar refractivity (Wildman–Crippen MR) is 93.3 cm³/mol. The molecule has 1 aliphatic carbocycles. The molecule has 1 amide bonds. The number of carbonyl (C=O) groups is 1. The van der Waals surface area contributed by atoms with E-state index in [9.17, 15) is 9.18 Å². The van der Waals surface area contributed by atoms with Crippen LogP contribution in [0.25, 0.3) is 10.9 Å². The molecule has 0 bridgehead atoms. The molecule has 4 rings (SSSR count). The van der Waals surface area contributed by atoms with Gasteiger partial charge in [-0.25, -0.2) is 4.39 Å². The minimum atomic E-state index is -0.411. The van der Waals surface area contributed by atoms with Gasteiger partial charge in [0.25, 0.3) is 0 Å². The van der Waals surface area contributed by atoms with Crippen molar-refractivity contribution in [2.24, 2.45) is 0 Å². The summed E-state index contributed by atoms with van der Waals surface area (Å²) in [5.41, 5.74) is 3.46. The maximum absolute atomic E-state index is 14.3. The van der Waals surface area contributed by atoms with E-state index in [1.807, 2.05) is 17.9 Å². The van der Waals surface area contributed by atoms with Gasteiger partial charge in [0.15, 0.2) is 0 Å². The number of aryl methyl sites for hydroxylation is 1. The van der Waals surface area contributed by atoms with Crippen LogP contribution in [0.3, 0.4) is 0 Å². The third kappa shape index (κ3) is 1.92. The van der Waals surface area contributed by atoms with Crippen LogP contribution in [0, 0.1) is 5.82 Å². The molecule has 4 heteroatoms. The van der Waals surface area contributed by atoms with E-state index in [1.54, 1.807) is 12.1 Å². The van der Waals surface area contributed by atoms with E-state index in [0.717, 1.165) is 55.3 Å². The molecule has 24 heavy (non-hydrogen) atoms. The molecule has 0 radical (unpaired) electrons. The Morgan fingerprint density at radius 1 is 1.38 bits per heavy atom. The van der Waals surface area contributed by atoms with Gasteiger partial charge in [-0.05, 0) is 49.8 Å². The summed E-state index contributed by atoms with van der Waals surface area (Å²) in [6.07, 6.45) is 6.66. The SMILES string of the molecule is CCCCN1C(=O)C=C(C)C12CCCc1c2[nH]c2c(F)cccc12. The number of H-pyrrole nitrogens is 1. The molecule has 1 atom stereocenters. The van der Waals surface area contributed by atoms with E-state index >= 15 is 0 Å². The molecule has 0 fully saturated rings. The maximum Gasteiger partial charge on any atom is 0.247 e. The van der Waals surface area contributed by atoms with Crippen molar-refractivity contribution < 1.29 is 9.18 Å². The van der Waals surface area contributed by atoms with Crippen LogP contribution in [0.15, 0.2) is 29.8 Å². The van der Waals surface area contributed by atoms with Gasteiger partial charge in [0.05, 0.1) is 5.52 Å². The standard InChI is InChI=1S/C20H23FN2O/c1-3-4-11-23-17(24)12-13(2)20(23)10-6-8-15-14-7-5-9-16(21)18(14)22-19(15)20/h5,7,9,12,22H,3-4,6,8,10-11H2,1-2H3. The van der Waals surface area contributed by atoms with Crippen molar-refractivity contribution in [2.75, 3.05) is 6.54 Å². The maximum atomic E-state index is 14.3. The number of fused-ring (bicyclic) bond motifs is 4. The van der Waals surface area contributed by atoms with E-state index in [0.29, 0.717) is 5.52 Å². The number of hydrogen-bond acceptors (Lipinski definition) is 1. The van der Waals surface area contributed by atoms with E-state index in [1.165, 1.54) is 11.6 Å². The number of hydrogen-bond donors (Lipinski definition) is 1. The Morgan fingerprint density at radius 2 is 2.21 bits per heavy atom. The smallest absolute Gasteiger partial charge is 0.247 e. The quantitative estimate of drug-likeness (QED) is 0.890. The highest BCUT2D eigenvalue weighted by Gasteiger charge is 2.50. The number of benzene rings is 1. The molecule has 2 aliphatic rings. The van der Waals surface area contributed by atoms with Crippen LogP contribution in [0.2, 0.25) is 0 Å². The fourth-order valence-electron chi connectivity index (χ4n) is 4.56. The average molecular weight is 326 g/mol.